The summed E-state index contributed by atoms with van der Waals surface area (Å²) in [7, 11) is 0. The number of carbonyl (C=O) groups is 2. The molecule has 3 aromatic rings. The Balaban J connectivity index is 1.49. The van der Waals surface area contributed by atoms with E-state index >= 15 is 0 Å². The first-order valence-corrected chi connectivity index (χ1v) is 12.8. The number of nitrogens with zero attached hydrogens (tertiary/aromatic N) is 1. The van der Waals surface area contributed by atoms with Crippen LogP contribution in [0.25, 0.3) is 10.9 Å². The number of carbonyl (C=O) groups excluding carboxylic acids is 2. The number of hydrogen-bond donors (Lipinski definition) is 3. The zero-order chi connectivity index (χ0) is 26.4. The number of alkyl carbamates (subject to hydrolysis) is 1. The van der Waals surface area contributed by atoms with Gasteiger partial charge in [0.25, 0.3) is 0 Å². The summed E-state index contributed by atoms with van der Waals surface area (Å²) in [4.78, 5) is 29.6. The molecule has 3 N–H and O–H groups in total. The second-order valence-corrected chi connectivity index (χ2v) is 9.24. The van der Waals surface area contributed by atoms with E-state index in [4.69, 9.17) is 25.8 Å². The third-order valence-electron chi connectivity index (χ3n) is 6.15. The minimum Gasteiger partial charge on any atom is -0.491 e. The van der Waals surface area contributed by atoms with Crippen molar-refractivity contribution >= 4 is 34.7 Å². The van der Waals surface area contributed by atoms with Crippen LogP contribution in [0.2, 0.25) is 5.02 Å². The standard InChI is InChI=1S/C27H32ClN3O6/c1-3-13-36-26(33)29-15-19(32)16-37-20-8-5-17(6-9-20)25-24-21(11-12-31(25)27(34)35-4-2)22-14-18(28)7-10-23(22)30-24/h5-10,14,19,25,30,32H,3-4,11-13,15-16H2,1-2H3,(H,29,33). The summed E-state index contributed by atoms with van der Waals surface area (Å²) in [5, 5.41) is 14.3. The van der Waals surface area contributed by atoms with Gasteiger partial charge in [-0.1, -0.05) is 30.7 Å². The van der Waals surface area contributed by atoms with Crippen LogP contribution in [0.5, 0.6) is 5.75 Å². The van der Waals surface area contributed by atoms with E-state index in [2.05, 4.69) is 10.3 Å². The van der Waals surface area contributed by atoms with Gasteiger partial charge in [-0.25, -0.2) is 9.59 Å². The minimum absolute atomic E-state index is 0.00128. The molecule has 0 spiro atoms. The first kappa shape index (κ1) is 26.6. The predicted octanol–water partition coefficient (Wildman–Crippen LogP) is 4.80. The molecule has 198 valence electrons. The summed E-state index contributed by atoms with van der Waals surface area (Å²) in [6.07, 6.45) is -0.425. The van der Waals surface area contributed by atoms with Crippen LogP contribution in [0.15, 0.2) is 42.5 Å². The molecule has 37 heavy (non-hydrogen) atoms. The highest BCUT2D eigenvalue weighted by molar-refractivity contribution is 6.31. The monoisotopic (exact) mass is 529 g/mol. The number of halogens is 1. The molecule has 4 rings (SSSR count). The third-order valence-corrected chi connectivity index (χ3v) is 6.38. The average Bonchev–Trinajstić information content (AvgIpc) is 3.27. The van der Waals surface area contributed by atoms with Gasteiger partial charge in [0, 0.05) is 28.2 Å². The Kier molecular flexibility index (Phi) is 8.78. The maximum atomic E-state index is 12.9. The van der Waals surface area contributed by atoms with Gasteiger partial charge >= 0.3 is 12.2 Å². The molecule has 0 aliphatic carbocycles. The van der Waals surface area contributed by atoms with Crippen molar-refractivity contribution in [3.63, 3.8) is 0 Å². The molecule has 2 atom stereocenters. The number of benzene rings is 2. The molecule has 2 aromatic carbocycles. The number of aromatic amines is 1. The number of hydrogen-bond acceptors (Lipinski definition) is 6. The summed E-state index contributed by atoms with van der Waals surface area (Å²) in [6.45, 7) is 4.83. The fourth-order valence-electron chi connectivity index (χ4n) is 4.46. The van der Waals surface area contributed by atoms with E-state index in [1.165, 1.54) is 0 Å². The Labute approximate surface area is 220 Å². The lowest BCUT2D eigenvalue weighted by atomic mass is 9.92. The number of aliphatic hydroxyl groups excluding tert-OH is 1. The van der Waals surface area contributed by atoms with Crippen molar-refractivity contribution in [2.24, 2.45) is 0 Å². The van der Waals surface area contributed by atoms with E-state index < -0.39 is 12.2 Å². The van der Waals surface area contributed by atoms with Gasteiger partial charge in [-0.2, -0.15) is 0 Å². The molecule has 9 nitrogen and oxygen atoms in total. The smallest absolute Gasteiger partial charge is 0.410 e. The number of nitrogens with one attached hydrogen (secondary N) is 2. The molecule has 0 bridgehead atoms. The molecule has 0 fully saturated rings. The Morgan fingerprint density at radius 3 is 2.70 bits per heavy atom. The molecular weight excluding hydrogens is 498 g/mol. The number of H-pyrrole nitrogens is 1. The van der Waals surface area contributed by atoms with E-state index in [0.29, 0.717) is 30.3 Å². The molecule has 0 saturated heterocycles. The molecule has 0 saturated carbocycles. The summed E-state index contributed by atoms with van der Waals surface area (Å²) in [6, 6.07) is 12.7. The summed E-state index contributed by atoms with van der Waals surface area (Å²) in [5.41, 5.74) is 3.92. The van der Waals surface area contributed by atoms with Crippen molar-refractivity contribution in [1.29, 1.82) is 0 Å². The van der Waals surface area contributed by atoms with Crippen LogP contribution in [0.3, 0.4) is 0 Å². The lowest BCUT2D eigenvalue weighted by molar-refractivity contribution is 0.0931. The van der Waals surface area contributed by atoms with Gasteiger partial charge in [0.1, 0.15) is 24.5 Å². The number of aromatic nitrogens is 1. The van der Waals surface area contributed by atoms with Gasteiger partial charge in [0.2, 0.25) is 0 Å². The summed E-state index contributed by atoms with van der Waals surface area (Å²) in [5.74, 6) is 0.554. The van der Waals surface area contributed by atoms with Gasteiger partial charge < -0.3 is 29.6 Å². The molecule has 0 radical (unpaired) electrons. The Morgan fingerprint density at radius 1 is 1.19 bits per heavy atom. The van der Waals surface area contributed by atoms with Gasteiger partial charge in [-0.05, 0) is 61.2 Å². The van der Waals surface area contributed by atoms with Gasteiger partial charge in [-0.15, -0.1) is 0 Å². The molecule has 1 aliphatic heterocycles. The topological polar surface area (TPSA) is 113 Å². The van der Waals surface area contributed by atoms with E-state index in [1.807, 2.05) is 37.3 Å². The summed E-state index contributed by atoms with van der Waals surface area (Å²) >= 11 is 6.26. The van der Waals surface area contributed by atoms with Crippen molar-refractivity contribution in [3.8, 4) is 5.75 Å². The van der Waals surface area contributed by atoms with Crippen molar-refractivity contribution in [3.05, 3.63) is 64.3 Å². The second kappa shape index (κ2) is 12.2. The highest BCUT2D eigenvalue weighted by atomic mass is 35.5. The van der Waals surface area contributed by atoms with Gasteiger partial charge in [0.15, 0.2) is 0 Å². The number of aliphatic hydroxyl groups is 1. The van der Waals surface area contributed by atoms with Crippen molar-refractivity contribution in [1.82, 2.24) is 15.2 Å². The lowest BCUT2D eigenvalue weighted by Gasteiger charge is -2.35. The third kappa shape index (κ3) is 6.29. The lowest BCUT2D eigenvalue weighted by Crippen LogP contribution is -2.41. The van der Waals surface area contributed by atoms with Crippen molar-refractivity contribution in [2.75, 3.05) is 32.9 Å². The molecule has 2 unspecified atom stereocenters. The first-order chi connectivity index (χ1) is 17.9. The Morgan fingerprint density at radius 2 is 1.97 bits per heavy atom. The van der Waals surface area contributed by atoms with Crippen LogP contribution in [-0.4, -0.2) is 66.2 Å². The normalized spacial score (nSPS) is 15.7. The zero-order valence-corrected chi connectivity index (χ0v) is 21.7. The second-order valence-electron chi connectivity index (χ2n) is 8.80. The maximum Gasteiger partial charge on any atom is 0.410 e. The maximum absolute atomic E-state index is 12.9. The summed E-state index contributed by atoms with van der Waals surface area (Å²) < 4.78 is 16.0. The Bertz CT molecular complexity index is 1230. The Hall–Kier alpha value is -3.43. The van der Waals surface area contributed by atoms with Crippen molar-refractivity contribution < 1.29 is 28.9 Å². The fraction of sp³-hybridized carbons (Fsp3) is 0.407. The van der Waals surface area contributed by atoms with Gasteiger partial charge in [-0.3, -0.25) is 4.90 Å². The predicted molar refractivity (Wildman–Crippen MR) is 140 cm³/mol. The van der Waals surface area contributed by atoms with Crippen molar-refractivity contribution in [2.45, 2.75) is 38.8 Å². The van der Waals surface area contributed by atoms with E-state index in [-0.39, 0.29) is 31.9 Å². The number of fused-ring (bicyclic) bond motifs is 3. The van der Waals surface area contributed by atoms with Crippen LogP contribution in [-0.2, 0) is 15.9 Å². The zero-order valence-electron chi connectivity index (χ0n) is 21.0. The van der Waals surface area contributed by atoms with E-state index in [0.717, 1.165) is 34.1 Å². The molecule has 1 aliphatic rings. The average molecular weight is 530 g/mol. The van der Waals surface area contributed by atoms with E-state index in [1.54, 1.807) is 24.0 Å². The quantitative estimate of drug-likeness (QED) is 0.367. The fourth-order valence-corrected chi connectivity index (χ4v) is 4.63. The number of ether oxygens (including phenoxy) is 3. The molecule has 10 heteroatoms. The highest BCUT2D eigenvalue weighted by Gasteiger charge is 2.35. The highest BCUT2D eigenvalue weighted by Crippen LogP contribution is 2.39. The van der Waals surface area contributed by atoms with Crippen LogP contribution in [0.4, 0.5) is 9.59 Å². The van der Waals surface area contributed by atoms with Crippen LogP contribution < -0.4 is 10.1 Å². The number of amides is 2. The molecule has 2 heterocycles. The molecular formula is C27H32ClN3O6. The molecule has 2 amide bonds. The van der Waals surface area contributed by atoms with Crippen LogP contribution >= 0.6 is 11.6 Å². The molecule has 1 aromatic heterocycles. The van der Waals surface area contributed by atoms with Gasteiger partial charge in [0.05, 0.1) is 19.8 Å². The largest absolute Gasteiger partial charge is 0.491 e. The van der Waals surface area contributed by atoms with Crippen LogP contribution in [0, 0.1) is 0 Å². The number of rotatable bonds is 9. The van der Waals surface area contributed by atoms with E-state index in [9.17, 15) is 14.7 Å². The minimum atomic E-state index is -0.896. The SMILES string of the molecule is CCCOC(=O)NCC(O)COc1ccc(C2c3[nH]c4ccc(Cl)cc4c3CCN2C(=O)OCC)cc1. The first-order valence-electron chi connectivity index (χ1n) is 12.5. The van der Waals surface area contributed by atoms with Crippen LogP contribution in [0.1, 0.15) is 43.1 Å².